The lowest BCUT2D eigenvalue weighted by Gasteiger charge is -2.17. The van der Waals surface area contributed by atoms with Crippen LogP contribution in [0, 0.1) is 0 Å². The fraction of sp³-hybridized carbons (Fsp3) is 0.625. The minimum Gasteiger partial charge on any atom is -0.463 e. The van der Waals surface area contributed by atoms with E-state index < -0.39 is 23.6 Å². The Morgan fingerprint density at radius 1 is 1.15 bits per heavy atom. The summed E-state index contributed by atoms with van der Waals surface area (Å²) in [5.41, 5.74) is 1.11. The third kappa shape index (κ3) is 5.33. The van der Waals surface area contributed by atoms with E-state index >= 15 is 0 Å². The minimum atomic E-state index is -0.746. The van der Waals surface area contributed by atoms with E-state index in [0.717, 1.165) is 16.8 Å². The van der Waals surface area contributed by atoms with E-state index in [1.165, 1.54) is 18.5 Å². The number of aromatic nitrogens is 5. The van der Waals surface area contributed by atoms with Crippen LogP contribution in [0.25, 0.3) is 11.0 Å². The van der Waals surface area contributed by atoms with Gasteiger partial charge in [-0.15, -0.1) is 5.10 Å². The third-order valence-electron chi connectivity index (χ3n) is 3.65. The molecule has 0 bridgehead atoms. The summed E-state index contributed by atoms with van der Waals surface area (Å²) in [4.78, 5) is 34.6. The Labute approximate surface area is 155 Å². The standard InChI is InChI=1S/C16H23N5O6/c1-5-6-13-14-15(20(4)18-13)16(24)21(19-17-14)9-27-12(7-25-10(2)22)8-26-11(3)23/h12H,5-9H2,1-4H3. The van der Waals surface area contributed by atoms with Crippen LogP contribution in [0.5, 0.6) is 0 Å². The van der Waals surface area contributed by atoms with Crippen molar-refractivity contribution in [2.24, 2.45) is 7.05 Å². The fourth-order valence-electron chi connectivity index (χ4n) is 2.41. The van der Waals surface area contributed by atoms with Gasteiger partial charge in [-0.25, -0.2) is 0 Å². The highest BCUT2D eigenvalue weighted by atomic mass is 16.6. The van der Waals surface area contributed by atoms with E-state index in [2.05, 4.69) is 15.4 Å². The Bertz CT molecular complexity index is 856. The van der Waals surface area contributed by atoms with Gasteiger partial charge in [0.05, 0.1) is 5.69 Å². The van der Waals surface area contributed by atoms with Crippen LogP contribution in [0.15, 0.2) is 4.79 Å². The van der Waals surface area contributed by atoms with Gasteiger partial charge < -0.3 is 14.2 Å². The molecule has 0 aromatic carbocycles. The quantitative estimate of drug-likeness (QED) is 0.549. The molecule has 0 radical (unpaired) electrons. The smallest absolute Gasteiger partial charge is 0.302 e. The van der Waals surface area contributed by atoms with Crippen molar-refractivity contribution in [3.8, 4) is 0 Å². The molecule has 0 unspecified atom stereocenters. The van der Waals surface area contributed by atoms with Crippen LogP contribution in [-0.4, -0.2) is 56.0 Å². The van der Waals surface area contributed by atoms with Crippen LogP contribution in [0.4, 0.5) is 0 Å². The molecular weight excluding hydrogens is 358 g/mol. The largest absolute Gasteiger partial charge is 0.463 e. The Kier molecular flexibility index (Phi) is 6.99. The van der Waals surface area contributed by atoms with Gasteiger partial charge in [-0.05, 0) is 6.42 Å². The lowest BCUT2D eigenvalue weighted by molar-refractivity contribution is -0.155. The second-order valence-electron chi connectivity index (χ2n) is 5.93. The lowest BCUT2D eigenvalue weighted by atomic mass is 10.2. The number of carbonyl (C=O) groups excluding carboxylic acids is 2. The minimum absolute atomic E-state index is 0.126. The van der Waals surface area contributed by atoms with Crippen molar-refractivity contribution in [3.63, 3.8) is 0 Å². The van der Waals surface area contributed by atoms with Crippen molar-refractivity contribution < 1.29 is 23.8 Å². The number of carbonyl (C=O) groups is 2. The van der Waals surface area contributed by atoms with Crippen molar-refractivity contribution in [2.75, 3.05) is 13.2 Å². The molecule has 0 fully saturated rings. The fourth-order valence-corrected chi connectivity index (χ4v) is 2.41. The van der Waals surface area contributed by atoms with Crippen molar-refractivity contribution in [1.82, 2.24) is 24.8 Å². The number of ether oxygens (including phenoxy) is 3. The van der Waals surface area contributed by atoms with Crippen molar-refractivity contribution in [1.29, 1.82) is 0 Å². The van der Waals surface area contributed by atoms with Crippen LogP contribution in [0.3, 0.4) is 0 Å². The maximum Gasteiger partial charge on any atom is 0.302 e. The number of fused-ring (bicyclic) bond motifs is 1. The summed E-state index contributed by atoms with van der Waals surface area (Å²) in [6, 6.07) is 0. The maximum absolute atomic E-state index is 12.7. The molecule has 0 aliphatic heterocycles. The molecule has 11 nitrogen and oxygen atoms in total. The molecule has 0 amide bonds. The van der Waals surface area contributed by atoms with Gasteiger partial charge in [0.1, 0.15) is 31.6 Å². The van der Waals surface area contributed by atoms with Gasteiger partial charge in [-0.3, -0.25) is 19.1 Å². The van der Waals surface area contributed by atoms with Crippen molar-refractivity contribution >= 4 is 23.0 Å². The van der Waals surface area contributed by atoms with E-state index in [1.54, 1.807) is 7.05 Å². The van der Waals surface area contributed by atoms with Crippen LogP contribution in [0.2, 0.25) is 0 Å². The van der Waals surface area contributed by atoms with Gasteiger partial charge in [-0.1, -0.05) is 18.6 Å². The zero-order valence-corrected chi connectivity index (χ0v) is 15.8. The first-order valence-corrected chi connectivity index (χ1v) is 8.51. The molecule has 0 saturated heterocycles. The average Bonchev–Trinajstić information content (AvgIpc) is 2.92. The number of esters is 2. The molecule has 0 atom stereocenters. The van der Waals surface area contributed by atoms with Crippen LogP contribution in [0.1, 0.15) is 32.9 Å². The molecule has 2 aromatic rings. The molecule has 2 heterocycles. The Balaban J connectivity index is 2.16. The maximum atomic E-state index is 12.7. The third-order valence-corrected chi connectivity index (χ3v) is 3.65. The first-order chi connectivity index (χ1) is 12.8. The number of nitrogens with zero attached hydrogens (tertiary/aromatic N) is 5. The highest BCUT2D eigenvalue weighted by Crippen LogP contribution is 2.12. The van der Waals surface area contributed by atoms with Gasteiger partial charge in [0, 0.05) is 20.9 Å². The summed E-state index contributed by atoms with van der Waals surface area (Å²) in [5.74, 6) is -0.994. The number of aryl methyl sites for hydroxylation is 2. The lowest BCUT2D eigenvalue weighted by Crippen LogP contribution is -2.32. The monoisotopic (exact) mass is 381 g/mol. The Morgan fingerprint density at radius 2 is 1.78 bits per heavy atom. The van der Waals surface area contributed by atoms with Gasteiger partial charge >= 0.3 is 11.9 Å². The summed E-state index contributed by atoms with van der Waals surface area (Å²) >= 11 is 0. The summed E-state index contributed by atoms with van der Waals surface area (Å²) in [6.45, 7) is 4.02. The average molecular weight is 381 g/mol. The van der Waals surface area contributed by atoms with Crippen molar-refractivity contribution in [3.05, 3.63) is 16.0 Å². The first kappa shape index (κ1) is 20.5. The van der Waals surface area contributed by atoms with E-state index in [-0.39, 0.29) is 19.9 Å². The van der Waals surface area contributed by atoms with Crippen molar-refractivity contribution in [2.45, 2.75) is 46.4 Å². The van der Waals surface area contributed by atoms with E-state index in [1.807, 2.05) is 6.92 Å². The predicted molar refractivity (Wildman–Crippen MR) is 92.7 cm³/mol. The van der Waals surface area contributed by atoms with Gasteiger partial charge in [0.25, 0.3) is 5.56 Å². The first-order valence-electron chi connectivity index (χ1n) is 8.51. The van der Waals surface area contributed by atoms with E-state index in [0.29, 0.717) is 17.5 Å². The van der Waals surface area contributed by atoms with Gasteiger partial charge in [0.15, 0.2) is 5.52 Å². The molecule has 0 saturated carbocycles. The topological polar surface area (TPSA) is 127 Å². The van der Waals surface area contributed by atoms with Crippen LogP contribution >= 0.6 is 0 Å². The summed E-state index contributed by atoms with van der Waals surface area (Å²) in [7, 11) is 1.67. The van der Waals surface area contributed by atoms with E-state index in [9.17, 15) is 14.4 Å². The second kappa shape index (κ2) is 9.21. The highest BCUT2D eigenvalue weighted by molar-refractivity contribution is 5.75. The Morgan fingerprint density at radius 3 is 2.33 bits per heavy atom. The van der Waals surface area contributed by atoms with Crippen LogP contribution < -0.4 is 5.56 Å². The summed E-state index contributed by atoms with van der Waals surface area (Å²) in [6.07, 6.45) is 0.816. The van der Waals surface area contributed by atoms with Crippen LogP contribution in [-0.2, 0) is 44.0 Å². The summed E-state index contributed by atoms with van der Waals surface area (Å²) < 4.78 is 17.8. The molecule has 27 heavy (non-hydrogen) atoms. The normalized spacial score (nSPS) is 11.1. The molecule has 0 spiro atoms. The number of rotatable bonds is 9. The molecule has 0 aliphatic carbocycles. The van der Waals surface area contributed by atoms with Gasteiger partial charge in [-0.2, -0.15) is 9.78 Å². The predicted octanol–water partition coefficient (Wildman–Crippen LogP) is -0.0536. The number of hydrogen-bond donors (Lipinski definition) is 0. The SMILES string of the molecule is CCCc1nn(C)c2c(=O)n(COC(COC(C)=O)COC(C)=O)nnc12. The molecule has 2 aromatic heterocycles. The molecular formula is C16H23N5O6. The Hall–Kier alpha value is -2.82. The zero-order chi connectivity index (χ0) is 20.0. The van der Waals surface area contributed by atoms with E-state index in [4.69, 9.17) is 14.2 Å². The molecule has 0 N–H and O–H groups in total. The summed E-state index contributed by atoms with van der Waals surface area (Å²) in [5, 5.41) is 12.3. The number of hydrogen-bond acceptors (Lipinski definition) is 9. The molecule has 2 rings (SSSR count). The second-order valence-corrected chi connectivity index (χ2v) is 5.93. The molecule has 148 valence electrons. The molecule has 0 aliphatic rings. The zero-order valence-electron chi connectivity index (χ0n) is 15.8. The highest BCUT2D eigenvalue weighted by Gasteiger charge is 2.18. The molecule has 11 heteroatoms. The van der Waals surface area contributed by atoms with Gasteiger partial charge in [0.2, 0.25) is 0 Å².